The lowest BCUT2D eigenvalue weighted by molar-refractivity contribution is -0.123. The first-order valence-electron chi connectivity index (χ1n) is 13.7. The first kappa shape index (κ1) is 24.6. The molecule has 2 bridgehead atoms. The van der Waals surface area contributed by atoms with Crippen LogP contribution in [-0.2, 0) is 11.3 Å². The number of anilines is 1. The van der Waals surface area contributed by atoms with Crippen LogP contribution in [-0.4, -0.2) is 60.1 Å². The van der Waals surface area contributed by atoms with Crippen molar-refractivity contribution in [1.82, 2.24) is 20.2 Å². The number of benzene rings is 2. The SMILES string of the molecule is O=C(COc1ccc(-c2ncccn2)cc1CN1CCN(c2ccccc2)CC1)NC[C@H]1C[C@@H]2C=C[C@H]1C2. The molecule has 2 aromatic carbocycles. The summed E-state index contributed by atoms with van der Waals surface area (Å²) in [5.41, 5.74) is 3.27. The van der Waals surface area contributed by atoms with E-state index in [9.17, 15) is 4.79 Å². The molecule has 0 unspecified atom stereocenters. The van der Waals surface area contributed by atoms with Gasteiger partial charge in [-0.05, 0) is 67.0 Å². The fourth-order valence-electron chi connectivity index (χ4n) is 6.04. The Morgan fingerprint density at radius 2 is 1.76 bits per heavy atom. The molecule has 7 heteroatoms. The van der Waals surface area contributed by atoms with Crippen LogP contribution in [0.2, 0.25) is 0 Å². The summed E-state index contributed by atoms with van der Waals surface area (Å²) in [6.07, 6.45) is 10.6. The Bertz CT molecular complexity index is 1260. The standard InChI is InChI=1S/C31H35N5O2/c37-30(34-20-26-18-23-7-8-24(26)17-23)22-38-29-10-9-25(31-32-11-4-12-33-31)19-27(29)21-35-13-15-36(16-14-35)28-5-2-1-3-6-28/h1-12,19,23-24,26H,13-18,20-22H2,(H,34,37)/t23-,24+,26-/m1/s1. The van der Waals surface area contributed by atoms with E-state index in [1.807, 2.05) is 18.2 Å². The molecule has 196 valence electrons. The summed E-state index contributed by atoms with van der Waals surface area (Å²) >= 11 is 0. The van der Waals surface area contributed by atoms with Crippen LogP contribution in [0.25, 0.3) is 11.4 Å². The van der Waals surface area contributed by atoms with E-state index in [1.165, 1.54) is 18.5 Å². The number of piperazine rings is 1. The Balaban J connectivity index is 1.10. The molecule has 3 aliphatic rings. The van der Waals surface area contributed by atoms with E-state index in [1.54, 1.807) is 12.4 Å². The van der Waals surface area contributed by atoms with E-state index in [4.69, 9.17) is 4.74 Å². The Hall–Kier alpha value is -3.71. The Labute approximate surface area is 224 Å². The lowest BCUT2D eigenvalue weighted by Gasteiger charge is -2.36. The molecule has 2 heterocycles. The molecule has 1 aromatic heterocycles. The number of nitrogens with one attached hydrogen (secondary N) is 1. The van der Waals surface area contributed by atoms with Gasteiger partial charge in [-0.3, -0.25) is 9.69 Å². The zero-order chi connectivity index (χ0) is 25.7. The fourth-order valence-corrected chi connectivity index (χ4v) is 6.04. The van der Waals surface area contributed by atoms with Gasteiger partial charge in [-0.25, -0.2) is 9.97 Å². The Morgan fingerprint density at radius 3 is 2.50 bits per heavy atom. The van der Waals surface area contributed by atoms with Gasteiger partial charge in [-0.15, -0.1) is 0 Å². The number of ether oxygens (including phenoxy) is 1. The van der Waals surface area contributed by atoms with E-state index in [2.05, 4.69) is 73.6 Å². The van der Waals surface area contributed by atoms with Crippen LogP contribution in [0.4, 0.5) is 5.69 Å². The number of fused-ring (bicyclic) bond motifs is 2. The van der Waals surface area contributed by atoms with Crippen molar-refractivity contribution in [3.8, 4) is 17.1 Å². The molecular weight excluding hydrogens is 474 g/mol. The Morgan fingerprint density at radius 1 is 0.947 bits per heavy atom. The maximum atomic E-state index is 12.6. The van der Waals surface area contributed by atoms with Gasteiger partial charge in [0.1, 0.15) is 5.75 Å². The van der Waals surface area contributed by atoms with Gasteiger partial charge in [0.2, 0.25) is 0 Å². The van der Waals surface area contributed by atoms with Crippen molar-refractivity contribution in [2.75, 3.05) is 44.2 Å². The second-order valence-corrected chi connectivity index (χ2v) is 10.6. The molecule has 2 fully saturated rings. The molecule has 6 rings (SSSR count). The number of carbonyl (C=O) groups is 1. The third-order valence-corrected chi connectivity index (χ3v) is 8.11. The van der Waals surface area contributed by atoms with Crippen molar-refractivity contribution in [2.24, 2.45) is 17.8 Å². The third-order valence-electron chi connectivity index (χ3n) is 8.11. The molecule has 1 saturated heterocycles. The number of aromatic nitrogens is 2. The fraction of sp³-hybridized carbons (Fsp3) is 0.387. The lowest BCUT2D eigenvalue weighted by Crippen LogP contribution is -2.46. The quantitative estimate of drug-likeness (QED) is 0.437. The molecule has 0 spiro atoms. The number of hydrogen-bond donors (Lipinski definition) is 1. The van der Waals surface area contributed by atoms with Gasteiger partial charge in [0.25, 0.3) is 5.91 Å². The average Bonchev–Trinajstić information content (AvgIpc) is 3.61. The number of allylic oxidation sites excluding steroid dienone is 2. The van der Waals surface area contributed by atoms with Crippen LogP contribution >= 0.6 is 0 Å². The highest BCUT2D eigenvalue weighted by Crippen LogP contribution is 2.42. The molecule has 3 atom stereocenters. The highest BCUT2D eigenvalue weighted by atomic mass is 16.5. The van der Waals surface area contributed by atoms with Crippen molar-refractivity contribution < 1.29 is 9.53 Å². The molecule has 38 heavy (non-hydrogen) atoms. The molecular formula is C31H35N5O2. The summed E-state index contributed by atoms with van der Waals surface area (Å²) < 4.78 is 6.10. The molecule has 2 aliphatic carbocycles. The molecule has 1 aliphatic heterocycles. The highest BCUT2D eigenvalue weighted by Gasteiger charge is 2.35. The van der Waals surface area contributed by atoms with Gasteiger partial charge in [0.15, 0.2) is 12.4 Å². The van der Waals surface area contributed by atoms with Crippen molar-refractivity contribution in [3.63, 3.8) is 0 Å². The van der Waals surface area contributed by atoms with Crippen LogP contribution < -0.4 is 15.0 Å². The van der Waals surface area contributed by atoms with Gasteiger partial charge in [0, 0.05) is 68.5 Å². The molecule has 0 radical (unpaired) electrons. The third kappa shape index (κ3) is 5.73. The maximum Gasteiger partial charge on any atom is 0.257 e. The topological polar surface area (TPSA) is 70.6 Å². The largest absolute Gasteiger partial charge is 0.483 e. The number of amides is 1. The van der Waals surface area contributed by atoms with Crippen LogP contribution in [0.15, 0.2) is 79.1 Å². The van der Waals surface area contributed by atoms with Gasteiger partial charge >= 0.3 is 0 Å². The normalized spacial score (nSPS) is 22.5. The minimum Gasteiger partial charge on any atom is -0.483 e. The number of para-hydroxylation sites is 1. The second-order valence-electron chi connectivity index (χ2n) is 10.6. The minimum absolute atomic E-state index is 0.0205. The molecule has 1 saturated carbocycles. The summed E-state index contributed by atoms with van der Waals surface area (Å²) in [6, 6.07) is 18.4. The van der Waals surface area contributed by atoms with E-state index in [-0.39, 0.29) is 12.5 Å². The zero-order valence-corrected chi connectivity index (χ0v) is 21.7. The summed E-state index contributed by atoms with van der Waals surface area (Å²) in [5.74, 6) is 3.27. The number of hydrogen-bond acceptors (Lipinski definition) is 6. The van der Waals surface area contributed by atoms with Crippen LogP contribution in [0.1, 0.15) is 18.4 Å². The van der Waals surface area contributed by atoms with E-state index >= 15 is 0 Å². The van der Waals surface area contributed by atoms with Crippen molar-refractivity contribution in [2.45, 2.75) is 19.4 Å². The second kappa shape index (κ2) is 11.4. The summed E-state index contributed by atoms with van der Waals surface area (Å²) in [6.45, 7) is 5.36. The predicted molar refractivity (Wildman–Crippen MR) is 149 cm³/mol. The van der Waals surface area contributed by atoms with Crippen molar-refractivity contribution >= 4 is 11.6 Å². The molecule has 1 N–H and O–H groups in total. The van der Waals surface area contributed by atoms with Crippen molar-refractivity contribution in [3.05, 3.63) is 84.7 Å². The molecule has 7 nitrogen and oxygen atoms in total. The van der Waals surface area contributed by atoms with Gasteiger partial charge in [0.05, 0.1) is 0 Å². The highest BCUT2D eigenvalue weighted by molar-refractivity contribution is 5.77. The summed E-state index contributed by atoms with van der Waals surface area (Å²) in [5, 5.41) is 3.10. The number of rotatable bonds is 9. The van der Waals surface area contributed by atoms with E-state index in [0.717, 1.165) is 56.1 Å². The summed E-state index contributed by atoms with van der Waals surface area (Å²) in [7, 11) is 0. The zero-order valence-electron chi connectivity index (χ0n) is 21.7. The van der Waals surface area contributed by atoms with Crippen LogP contribution in [0.3, 0.4) is 0 Å². The lowest BCUT2D eigenvalue weighted by atomic mass is 9.94. The van der Waals surface area contributed by atoms with Gasteiger partial charge in [-0.1, -0.05) is 30.4 Å². The van der Waals surface area contributed by atoms with E-state index in [0.29, 0.717) is 23.6 Å². The van der Waals surface area contributed by atoms with Crippen LogP contribution in [0.5, 0.6) is 5.75 Å². The Kier molecular flexibility index (Phi) is 7.36. The predicted octanol–water partition coefficient (Wildman–Crippen LogP) is 4.17. The molecule has 1 amide bonds. The molecule has 3 aromatic rings. The van der Waals surface area contributed by atoms with Crippen molar-refractivity contribution in [1.29, 1.82) is 0 Å². The number of nitrogens with zero attached hydrogens (tertiary/aromatic N) is 4. The number of carbonyl (C=O) groups excluding carboxylic acids is 1. The minimum atomic E-state index is -0.0605. The first-order chi connectivity index (χ1) is 18.7. The van der Waals surface area contributed by atoms with Gasteiger partial charge in [-0.2, -0.15) is 0 Å². The van der Waals surface area contributed by atoms with Crippen LogP contribution in [0, 0.1) is 17.8 Å². The average molecular weight is 510 g/mol. The smallest absolute Gasteiger partial charge is 0.257 e. The van der Waals surface area contributed by atoms with E-state index < -0.39 is 0 Å². The maximum absolute atomic E-state index is 12.6. The monoisotopic (exact) mass is 509 g/mol. The summed E-state index contributed by atoms with van der Waals surface area (Å²) in [4.78, 5) is 26.4. The first-order valence-corrected chi connectivity index (χ1v) is 13.7. The van der Waals surface area contributed by atoms with Gasteiger partial charge < -0.3 is 15.0 Å².